The van der Waals surface area contributed by atoms with Gasteiger partial charge in [0, 0.05) is 10.9 Å². The number of nitrogens with one attached hydrogen (secondary N) is 1. The standard InChI is InChI=1S/C22H19N3S/c1-2-7-16(8-3-1)18-13-26-22-20(18)21(23-14-24-22)25-19-12-6-10-15-9-4-5-11-17(15)19/h1-5,7-9,11,13-14,19H,6,10,12H2,(H,23,24,25)/t19-/m1/s1. The fraction of sp³-hybridized carbons (Fsp3) is 0.182. The van der Waals surface area contributed by atoms with Gasteiger partial charge in [-0.15, -0.1) is 11.3 Å². The number of thiophene rings is 1. The highest BCUT2D eigenvalue weighted by Crippen LogP contribution is 2.39. The van der Waals surface area contributed by atoms with Crippen LogP contribution in [0.1, 0.15) is 30.0 Å². The molecule has 0 saturated heterocycles. The second kappa shape index (κ2) is 6.54. The number of anilines is 1. The van der Waals surface area contributed by atoms with E-state index in [4.69, 9.17) is 0 Å². The van der Waals surface area contributed by atoms with Crippen molar-refractivity contribution in [3.63, 3.8) is 0 Å². The average molecular weight is 357 g/mol. The van der Waals surface area contributed by atoms with E-state index in [9.17, 15) is 0 Å². The predicted octanol–water partition coefficient (Wildman–Crippen LogP) is 5.85. The molecule has 1 aliphatic carbocycles. The van der Waals surface area contributed by atoms with Crippen molar-refractivity contribution in [3.05, 3.63) is 77.4 Å². The van der Waals surface area contributed by atoms with Crippen LogP contribution in [0.2, 0.25) is 0 Å². The van der Waals surface area contributed by atoms with Crippen LogP contribution in [-0.2, 0) is 6.42 Å². The van der Waals surface area contributed by atoms with Gasteiger partial charge in [-0.3, -0.25) is 0 Å². The number of benzene rings is 2. The van der Waals surface area contributed by atoms with Crippen molar-refractivity contribution in [2.75, 3.05) is 5.32 Å². The molecule has 0 saturated carbocycles. The highest BCUT2D eigenvalue weighted by atomic mass is 32.1. The Balaban J connectivity index is 1.59. The molecule has 1 N–H and O–H groups in total. The summed E-state index contributed by atoms with van der Waals surface area (Å²) in [5.74, 6) is 0.941. The van der Waals surface area contributed by atoms with Crippen molar-refractivity contribution in [2.24, 2.45) is 0 Å². The molecule has 0 bridgehead atoms. The third kappa shape index (κ3) is 2.67. The van der Waals surface area contributed by atoms with Crippen molar-refractivity contribution in [3.8, 4) is 11.1 Å². The Morgan fingerprint density at radius 1 is 0.962 bits per heavy atom. The lowest BCUT2D eigenvalue weighted by Crippen LogP contribution is -2.18. The summed E-state index contributed by atoms with van der Waals surface area (Å²) in [7, 11) is 0. The molecule has 0 aliphatic heterocycles. The molecule has 1 aliphatic rings. The summed E-state index contributed by atoms with van der Waals surface area (Å²) in [5, 5.41) is 7.05. The first-order chi connectivity index (χ1) is 12.9. The molecule has 128 valence electrons. The quantitative estimate of drug-likeness (QED) is 0.500. The molecular weight excluding hydrogens is 338 g/mol. The lowest BCUT2D eigenvalue weighted by Gasteiger charge is -2.27. The van der Waals surface area contributed by atoms with Crippen molar-refractivity contribution in [2.45, 2.75) is 25.3 Å². The summed E-state index contributed by atoms with van der Waals surface area (Å²) in [4.78, 5) is 10.1. The van der Waals surface area contributed by atoms with Gasteiger partial charge in [0.25, 0.3) is 0 Å². The molecule has 0 spiro atoms. The summed E-state index contributed by atoms with van der Waals surface area (Å²) >= 11 is 1.68. The van der Waals surface area contributed by atoms with Gasteiger partial charge in [0.15, 0.2) is 0 Å². The fourth-order valence-corrected chi connectivity index (χ4v) is 4.80. The van der Waals surface area contributed by atoms with E-state index >= 15 is 0 Å². The van der Waals surface area contributed by atoms with Crippen LogP contribution in [0.5, 0.6) is 0 Å². The number of hydrogen-bond acceptors (Lipinski definition) is 4. The van der Waals surface area contributed by atoms with Crippen LogP contribution in [0.15, 0.2) is 66.3 Å². The molecule has 2 aromatic heterocycles. The van der Waals surface area contributed by atoms with Crippen LogP contribution >= 0.6 is 11.3 Å². The van der Waals surface area contributed by atoms with Crippen LogP contribution in [0.3, 0.4) is 0 Å². The van der Waals surface area contributed by atoms with E-state index in [1.54, 1.807) is 17.7 Å². The van der Waals surface area contributed by atoms with Crippen LogP contribution in [0, 0.1) is 0 Å². The Morgan fingerprint density at radius 2 is 1.81 bits per heavy atom. The molecule has 3 nitrogen and oxygen atoms in total. The topological polar surface area (TPSA) is 37.8 Å². The molecule has 2 heterocycles. The summed E-state index contributed by atoms with van der Waals surface area (Å²) in [5.41, 5.74) is 5.27. The smallest absolute Gasteiger partial charge is 0.139 e. The normalized spacial score (nSPS) is 16.4. The first kappa shape index (κ1) is 15.5. The highest BCUT2D eigenvalue weighted by molar-refractivity contribution is 7.17. The maximum atomic E-state index is 4.62. The Hall–Kier alpha value is -2.72. The monoisotopic (exact) mass is 357 g/mol. The lowest BCUT2D eigenvalue weighted by molar-refractivity contribution is 0.599. The van der Waals surface area contributed by atoms with Gasteiger partial charge in [-0.1, -0.05) is 54.6 Å². The van der Waals surface area contributed by atoms with E-state index in [1.807, 2.05) is 6.07 Å². The van der Waals surface area contributed by atoms with E-state index in [0.717, 1.165) is 22.5 Å². The summed E-state index contributed by atoms with van der Waals surface area (Å²) in [6.07, 6.45) is 5.18. The van der Waals surface area contributed by atoms with Gasteiger partial charge in [0.05, 0.1) is 11.4 Å². The number of rotatable bonds is 3. The van der Waals surface area contributed by atoms with Crippen LogP contribution < -0.4 is 5.32 Å². The predicted molar refractivity (Wildman–Crippen MR) is 109 cm³/mol. The maximum Gasteiger partial charge on any atom is 0.139 e. The Bertz CT molecular complexity index is 1060. The largest absolute Gasteiger partial charge is 0.363 e. The Kier molecular flexibility index (Phi) is 3.91. The second-order valence-corrected chi connectivity index (χ2v) is 7.56. The Morgan fingerprint density at radius 3 is 2.73 bits per heavy atom. The van der Waals surface area contributed by atoms with Gasteiger partial charge >= 0.3 is 0 Å². The molecule has 0 fully saturated rings. The van der Waals surface area contributed by atoms with Gasteiger partial charge in [0.1, 0.15) is 17.0 Å². The van der Waals surface area contributed by atoms with E-state index in [2.05, 4.69) is 69.2 Å². The average Bonchev–Trinajstić information content (AvgIpc) is 3.14. The third-order valence-corrected chi connectivity index (χ3v) is 6.02. The van der Waals surface area contributed by atoms with Gasteiger partial charge in [0.2, 0.25) is 0 Å². The zero-order chi connectivity index (χ0) is 17.3. The van der Waals surface area contributed by atoms with Gasteiger partial charge in [-0.25, -0.2) is 9.97 Å². The van der Waals surface area contributed by atoms with Gasteiger partial charge in [-0.2, -0.15) is 0 Å². The number of hydrogen-bond donors (Lipinski definition) is 1. The number of aromatic nitrogens is 2. The molecular formula is C22H19N3S. The minimum absolute atomic E-state index is 0.307. The molecule has 0 radical (unpaired) electrons. The first-order valence-electron chi connectivity index (χ1n) is 9.02. The molecule has 0 amide bonds. The second-order valence-electron chi connectivity index (χ2n) is 6.71. The fourth-order valence-electron chi connectivity index (χ4n) is 3.88. The minimum atomic E-state index is 0.307. The number of aryl methyl sites for hydroxylation is 1. The maximum absolute atomic E-state index is 4.62. The van der Waals surface area contributed by atoms with E-state index in [1.165, 1.54) is 35.1 Å². The molecule has 4 heteroatoms. The van der Waals surface area contributed by atoms with E-state index in [0.29, 0.717) is 6.04 Å². The summed E-state index contributed by atoms with van der Waals surface area (Å²) in [6, 6.07) is 19.6. The van der Waals surface area contributed by atoms with Gasteiger partial charge in [-0.05, 0) is 36.0 Å². The number of nitrogens with zero attached hydrogens (tertiary/aromatic N) is 2. The molecule has 2 aromatic carbocycles. The SMILES string of the molecule is c1ccc(-c2csc3ncnc(N[C@@H]4CCCc5ccccc54)c23)cc1. The number of fused-ring (bicyclic) bond motifs is 2. The van der Waals surface area contributed by atoms with Crippen LogP contribution in [0.4, 0.5) is 5.82 Å². The third-order valence-electron chi connectivity index (χ3n) is 5.14. The molecule has 5 rings (SSSR count). The van der Waals surface area contributed by atoms with Crippen molar-refractivity contribution in [1.29, 1.82) is 0 Å². The van der Waals surface area contributed by atoms with Crippen molar-refractivity contribution < 1.29 is 0 Å². The van der Waals surface area contributed by atoms with E-state index in [-0.39, 0.29) is 0 Å². The molecule has 0 unspecified atom stereocenters. The van der Waals surface area contributed by atoms with Crippen LogP contribution in [-0.4, -0.2) is 9.97 Å². The van der Waals surface area contributed by atoms with Crippen molar-refractivity contribution in [1.82, 2.24) is 9.97 Å². The van der Waals surface area contributed by atoms with Crippen LogP contribution in [0.25, 0.3) is 21.3 Å². The van der Waals surface area contributed by atoms with Crippen molar-refractivity contribution >= 4 is 27.4 Å². The lowest BCUT2D eigenvalue weighted by atomic mass is 9.87. The molecule has 26 heavy (non-hydrogen) atoms. The molecule has 1 atom stereocenters. The zero-order valence-electron chi connectivity index (χ0n) is 14.4. The molecule has 4 aromatic rings. The highest BCUT2D eigenvalue weighted by Gasteiger charge is 2.22. The zero-order valence-corrected chi connectivity index (χ0v) is 15.2. The van der Waals surface area contributed by atoms with Gasteiger partial charge < -0.3 is 5.32 Å². The van der Waals surface area contributed by atoms with E-state index < -0.39 is 0 Å². The minimum Gasteiger partial charge on any atom is -0.363 e. The summed E-state index contributed by atoms with van der Waals surface area (Å²) in [6.45, 7) is 0. The Labute approximate surface area is 156 Å². The summed E-state index contributed by atoms with van der Waals surface area (Å²) < 4.78 is 0. The first-order valence-corrected chi connectivity index (χ1v) is 9.90.